The highest BCUT2D eigenvalue weighted by Crippen LogP contribution is 2.28. The fourth-order valence-electron chi connectivity index (χ4n) is 5.39. The fraction of sp³-hybridized carbons (Fsp3) is 0.680. The highest BCUT2D eigenvalue weighted by atomic mass is 16.5. The van der Waals surface area contributed by atoms with Crippen molar-refractivity contribution in [3.05, 3.63) is 35.9 Å². The van der Waals surface area contributed by atoms with Crippen molar-refractivity contribution in [3.63, 3.8) is 0 Å². The molecule has 3 N–H and O–H groups in total. The number of amides is 3. The lowest BCUT2D eigenvalue weighted by atomic mass is 9.81. The molecule has 7 nitrogen and oxygen atoms in total. The van der Waals surface area contributed by atoms with Gasteiger partial charge >= 0.3 is 6.03 Å². The molecular weight excluding hydrogens is 404 g/mol. The van der Waals surface area contributed by atoms with Crippen molar-refractivity contribution in [2.45, 2.75) is 76.1 Å². The molecule has 0 unspecified atom stereocenters. The smallest absolute Gasteiger partial charge is 0.317 e. The lowest BCUT2D eigenvalue weighted by Crippen LogP contribution is -2.51. The van der Waals surface area contributed by atoms with E-state index in [0.717, 1.165) is 76.6 Å². The quantitative estimate of drug-likeness (QED) is 0.680. The molecule has 3 amide bonds. The van der Waals surface area contributed by atoms with Gasteiger partial charge < -0.3 is 25.6 Å². The molecule has 0 aromatic heterocycles. The van der Waals surface area contributed by atoms with Crippen LogP contribution in [0.25, 0.3) is 0 Å². The van der Waals surface area contributed by atoms with Gasteiger partial charge in [-0.3, -0.25) is 4.79 Å². The van der Waals surface area contributed by atoms with Crippen LogP contribution in [0, 0.1) is 5.92 Å². The number of hydrogen-bond acceptors (Lipinski definition) is 4. The summed E-state index contributed by atoms with van der Waals surface area (Å²) < 4.78 is 5.91. The molecule has 2 heterocycles. The Bertz CT molecular complexity index is 745. The Kier molecular flexibility index (Phi) is 8.03. The summed E-state index contributed by atoms with van der Waals surface area (Å²) in [4.78, 5) is 29.4. The molecule has 2 aliphatic heterocycles. The average Bonchev–Trinajstić information content (AvgIpc) is 3.52. The number of carbonyl (C=O) groups excluding carboxylic acids is 2. The first-order chi connectivity index (χ1) is 15.6. The molecule has 0 spiro atoms. The number of rotatable bonds is 7. The van der Waals surface area contributed by atoms with Gasteiger partial charge in [0.25, 0.3) is 0 Å². The summed E-state index contributed by atoms with van der Waals surface area (Å²) in [6.45, 7) is 3.64. The van der Waals surface area contributed by atoms with Crippen LogP contribution in [0.15, 0.2) is 30.3 Å². The monoisotopic (exact) mass is 442 g/mol. The van der Waals surface area contributed by atoms with Crippen LogP contribution in [-0.2, 0) is 16.1 Å². The zero-order valence-corrected chi connectivity index (χ0v) is 19.1. The van der Waals surface area contributed by atoms with Gasteiger partial charge in [-0.25, -0.2) is 4.79 Å². The predicted octanol–water partition coefficient (Wildman–Crippen LogP) is 2.89. The highest BCUT2D eigenvalue weighted by molar-refractivity contribution is 5.82. The number of likely N-dealkylation sites (tertiary alicyclic amines) is 2. The third-order valence-corrected chi connectivity index (χ3v) is 7.37. The Labute approximate surface area is 191 Å². The lowest BCUT2D eigenvalue weighted by molar-refractivity contribution is -0.133. The van der Waals surface area contributed by atoms with E-state index in [4.69, 9.17) is 10.5 Å². The molecule has 2 saturated heterocycles. The SMILES string of the molecule is N[C@H](C(=O)N1CCCC1)C1CCC(NC(=O)N2CCC[C@H]2COCc2ccccc2)CC1. The van der Waals surface area contributed by atoms with E-state index in [2.05, 4.69) is 17.4 Å². The Balaban J connectivity index is 1.19. The number of carbonyl (C=O) groups is 2. The maximum absolute atomic E-state index is 12.9. The minimum absolute atomic E-state index is 0.0247. The molecule has 0 radical (unpaired) electrons. The molecule has 1 aliphatic carbocycles. The number of nitrogens with zero attached hydrogens (tertiary/aromatic N) is 2. The molecule has 4 rings (SSSR count). The van der Waals surface area contributed by atoms with Gasteiger partial charge in [0, 0.05) is 25.7 Å². The number of nitrogens with two attached hydrogens (primary N) is 1. The van der Waals surface area contributed by atoms with Gasteiger partial charge in [-0.2, -0.15) is 0 Å². The standard InChI is InChI=1S/C25H38N4O3/c26-23(24(30)28-14-4-5-15-28)20-10-12-21(13-11-20)27-25(31)29-16-6-9-22(29)18-32-17-19-7-2-1-3-8-19/h1-3,7-8,20-23H,4-6,9-18,26H2,(H,27,31)/t20?,21?,22-,23-/m0/s1. The average molecular weight is 443 g/mol. The van der Waals surface area contributed by atoms with Crippen LogP contribution < -0.4 is 11.1 Å². The Hall–Kier alpha value is -2.12. The Morgan fingerprint density at radius 2 is 1.72 bits per heavy atom. The summed E-state index contributed by atoms with van der Waals surface area (Å²) >= 11 is 0. The highest BCUT2D eigenvalue weighted by Gasteiger charge is 2.35. The second-order valence-electron chi connectivity index (χ2n) is 9.61. The second kappa shape index (κ2) is 11.1. The summed E-state index contributed by atoms with van der Waals surface area (Å²) in [5.41, 5.74) is 7.48. The molecular formula is C25H38N4O3. The molecule has 2 atom stereocenters. The molecule has 1 aromatic rings. The third kappa shape index (κ3) is 5.81. The first kappa shape index (κ1) is 23.1. The summed E-state index contributed by atoms with van der Waals surface area (Å²) in [6.07, 6.45) is 7.76. The van der Waals surface area contributed by atoms with Gasteiger partial charge in [-0.15, -0.1) is 0 Å². The Morgan fingerprint density at radius 1 is 1.00 bits per heavy atom. The first-order valence-electron chi connectivity index (χ1n) is 12.3. The molecule has 3 aliphatic rings. The Morgan fingerprint density at radius 3 is 2.44 bits per heavy atom. The van der Waals surface area contributed by atoms with Crippen LogP contribution in [0.5, 0.6) is 0 Å². The van der Waals surface area contributed by atoms with Crippen LogP contribution >= 0.6 is 0 Å². The van der Waals surface area contributed by atoms with E-state index >= 15 is 0 Å². The van der Waals surface area contributed by atoms with Gasteiger partial charge in [-0.1, -0.05) is 30.3 Å². The topological polar surface area (TPSA) is 87.9 Å². The zero-order chi connectivity index (χ0) is 22.3. The largest absolute Gasteiger partial charge is 0.375 e. The van der Waals surface area contributed by atoms with Gasteiger partial charge in [-0.05, 0) is 62.8 Å². The van der Waals surface area contributed by atoms with Crippen molar-refractivity contribution in [2.24, 2.45) is 11.7 Å². The maximum atomic E-state index is 12.9. The van der Waals surface area contributed by atoms with E-state index in [1.807, 2.05) is 28.0 Å². The number of ether oxygens (including phenoxy) is 1. The van der Waals surface area contributed by atoms with Crippen molar-refractivity contribution in [1.82, 2.24) is 15.1 Å². The zero-order valence-electron chi connectivity index (χ0n) is 19.1. The van der Waals surface area contributed by atoms with Crippen molar-refractivity contribution in [3.8, 4) is 0 Å². The third-order valence-electron chi connectivity index (χ3n) is 7.37. The van der Waals surface area contributed by atoms with E-state index in [9.17, 15) is 9.59 Å². The van der Waals surface area contributed by atoms with Gasteiger partial charge in [0.15, 0.2) is 0 Å². The van der Waals surface area contributed by atoms with Crippen LogP contribution in [0.4, 0.5) is 4.79 Å². The predicted molar refractivity (Wildman–Crippen MR) is 124 cm³/mol. The van der Waals surface area contributed by atoms with Crippen LogP contribution in [0.1, 0.15) is 56.9 Å². The summed E-state index contributed by atoms with van der Waals surface area (Å²) in [5.74, 6) is 0.340. The van der Waals surface area contributed by atoms with Crippen molar-refractivity contribution in [2.75, 3.05) is 26.2 Å². The minimum Gasteiger partial charge on any atom is -0.375 e. The minimum atomic E-state index is -0.394. The second-order valence-corrected chi connectivity index (χ2v) is 9.61. The summed E-state index contributed by atoms with van der Waals surface area (Å²) in [5, 5.41) is 3.24. The van der Waals surface area contributed by atoms with E-state index in [1.165, 1.54) is 0 Å². The van der Waals surface area contributed by atoms with Gasteiger partial charge in [0.2, 0.25) is 5.91 Å². The van der Waals surface area contributed by atoms with Crippen molar-refractivity contribution >= 4 is 11.9 Å². The van der Waals surface area contributed by atoms with Gasteiger partial charge in [0.05, 0.1) is 25.3 Å². The lowest BCUT2D eigenvalue weighted by Gasteiger charge is -2.34. The van der Waals surface area contributed by atoms with Crippen LogP contribution in [0.2, 0.25) is 0 Å². The molecule has 176 valence electrons. The molecule has 0 bridgehead atoms. The maximum Gasteiger partial charge on any atom is 0.317 e. The number of benzene rings is 1. The van der Waals surface area contributed by atoms with E-state index in [-0.39, 0.29) is 29.9 Å². The molecule has 7 heteroatoms. The number of hydrogen-bond donors (Lipinski definition) is 2. The van der Waals surface area contributed by atoms with Crippen molar-refractivity contribution in [1.29, 1.82) is 0 Å². The number of urea groups is 1. The van der Waals surface area contributed by atoms with E-state index in [1.54, 1.807) is 0 Å². The fourth-order valence-corrected chi connectivity index (χ4v) is 5.39. The van der Waals surface area contributed by atoms with Crippen molar-refractivity contribution < 1.29 is 14.3 Å². The van der Waals surface area contributed by atoms with Crippen LogP contribution in [0.3, 0.4) is 0 Å². The molecule has 1 saturated carbocycles. The van der Waals surface area contributed by atoms with Crippen LogP contribution in [-0.4, -0.2) is 66.1 Å². The van der Waals surface area contributed by atoms with Gasteiger partial charge in [0.1, 0.15) is 0 Å². The first-order valence-corrected chi connectivity index (χ1v) is 12.3. The molecule has 3 fully saturated rings. The summed E-state index contributed by atoms with van der Waals surface area (Å²) in [6, 6.07) is 10.1. The molecule has 1 aromatic carbocycles. The number of nitrogens with one attached hydrogen (secondary N) is 1. The molecule has 32 heavy (non-hydrogen) atoms. The van der Waals surface area contributed by atoms with E-state index in [0.29, 0.717) is 13.2 Å². The normalized spacial score (nSPS) is 26.8. The summed E-state index contributed by atoms with van der Waals surface area (Å²) in [7, 11) is 0. The van der Waals surface area contributed by atoms with E-state index < -0.39 is 6.04 Å².